The Balaban J connectivity index is 2.22. The van der Waals surface area contributed by atoms with E-state index < -0.39 is 5.82 Å². The zero-order valence-corrected chi connectivity index (χ0v) is 9.02. The van der Waals surface area contributed by atoms with Crippen LogP contribution in [0.25, 0.3) is 0 Å². The van der Waals surface area contributed by atoms with Crippen molar-refractivity contribution in [3.05, 3.63) is 28.5 Å². The minimum absolute atomic E-state index is 0.00870. The van der Waals surface area contributed by atoms with E-state index in [9.17, 15) is 9.50 Å². The Morgan fingerprint density at radius 1 is 1.53 bits per heavy atom. The van der Waals surface area contributed by atoms with Crippen molar-refractivity contribution in [2.24, 2.45) is 0 Å². The second kappa shape index (κ2) is 4.37. The van der Waals surface area contributed by atoms with Crippen LogP contribution in [0.5, 0.6) is 5.75 Å². The molecule has 0 amide bonds. The highest BCUT2D eigenvalue weighted by atomic mass is 35.5. The summed E-state index contributed by atoms with van der Waals surface area (Å²) in [6, 6.07) is 3.07. The van der Waals surface area contributed by atoms with E-state index in [4.69, 9.17) is 11.6 Å². The molecular weight excluding hydrogens is 217 g/mol. The predicted octanol–water partition coefficient (Wildman–Crippen LogP) is 2.48. The van der Waals surface area contributed by atoms with E-state index in [0.717, 1.165) is 19.4 Å². The topological polar surface area (TPSA) is 32.3 Å². The SMILES string of the molecule is Oc1ccc(Cl)c(F)c1CC1CCCN1. The summed E-state index contributed by atoms with van der Waals surface area (Å²) in [5.41, 5.74) is 0.321. The van der Waals surface area contributed by atoms with Gasteiger partial charge in [0.1, 0.15) is 11.6 Å². The van der Waals surface area contributed by atoms with Gasteiger partial charge in [-0.1, -0.05) is 11.6 Å². The molecule has 0 aliphatic carbocycles. The molecule has 1 fully saturated rings. The first-order chi connectivity index (χ1) is 7.18. The van der Waals surface area contributed by atoms with E-state index in [1.54, 1.807) is 0 Å². The van der Waals surface area contributed by atoms with E-state index >= 15 is 0 Å². The van der Waals surface area contributed by atoms with Gasteiger partial charge in [0.25, 0.3) is 0 Å². The third-order valence-corrected chi connectivity index (χ3v) is 3.08. The van der Waals surface area contributed by atoms with Gasteiger partial charge in [-0.25, -0.2) is 4.39 Å². The number of hydrogen-bond acceptors (Lipinski definition) is 2. The molecule has 1 heterocycles. The van der Waals surface area contributed by atoms with Crippen LogP contribution in [0, 0.1) is 5.82 Å². The standard InChI is InChI=1S/C11H13ClFNO/c12-9-3-4-10(15)8(11(9)13)6-7-2-1-5-14-7/h3-4,7,14-15H,1-2,5-6H2. The Morgan fingerprint density at radius 2 is 2.33 bits per heavy atom. The fourth-order valence-corrected chi connectivity index (χ4v) is 2.13. The van der Waals surface area contributed by atoms with E-state index in [2.05, 4.69) is 5.32 Å². The molecule has 2 nitrogen and oxygen atoms in total. The Bertz CT molecular complexity index is 364. The molecule has 0 saturated carbocycles. The molecule has 1 saturated heterocycles. The lowest BCUT2D eigenvalue weighted by atomic mass is 10.0. The van der Waals surface area contributed by atoms with Crippen molar-refractivity contribution in [1.82, 2.24) is 5.32 Å². The van der Waals surface area contributed by atoms with Gasteiger partial charge in [-0.05, 0) is 37.9 Å². The molecule has 0 bridgehead atoms. The molecular formula is C11H13ClFNO. The summed E-state index contributed by atoms with van der Waals surface area (Å²) < 4.78 is 13.6. The van der Waals surface area contributed by atoms with Crippen LogP contribution < -0.4 is 5.32 Å². The number of rotatable bonds is 2. The molecule has 1 aromatic carbocycles. The van der Waals surface area contributed by atoms with Gasteiger partial charge in [0.05, 0.1) is 5.02 Å². The third-order valence-electron chi connectivity index (χ3n) is 2.78. The predicted molar refractivity (Wildman–Crippen MR) is 57.8 cm³/mol. The fraction of sp³-hybridized carbons (Fsp3) is 0.455. The molecule has 1 unspecified atom stereocenters. The van der Waals surface area contributed by atoms with Gasteiger partial charge in [-0.15, -0.1) is 0 Å². The molecule has 0 spiro atoms. The van der Waals surface area contributed by atoms with Crippen molar-refractivity contribution in [1.29, 1.82) is 0 Å². The summed E-state index contributed by atoms with van der Waals surface area (Å²) in [5.74, 6) is -0.504. The molecule has 2 rings (SSSR count). The maximum Gasteiger partial charge on any atom is 0.148 e. The molecule has 1 atom stereocenters. The first kappa shape index (κ1) is 10.7. The summed E-state index contributed by atoms with van der Waals surface area (Å²) in [6.45, 7) is 0.966. The van der Waals surface area contributed by atoms with Crippen LogP contribution in [0.1, 0.15) is 18.4 Å². The number of aromatic hydroxyl groups is 1. The number of phenols is 1. The molecule has 82 valence electrons. The first-order valence-electron chi connectivity index (χ1n) is 5.07. The molecule has 1 aromatic rings. The molecule has 15 heavy (non-hydrogen) atoms. The van der Waals surface area contributed by atoms with Gasteiger partial charge in [-0.3, -0.25) is 0 Å². The summed E-state index contributed by atoms with van der Waals surface area (Å²) >= 11 is 5.66. The van der Waals surface area contributed by atoms with Crippen molar-refractivity contribution in [2.45, 2.75) is 25.3 Å². The van der Waals surface area contributed by atoms with Crippen LogP contribution in [0.3, 0.4) is 0 Å². The van der Waals surface area contributed by atoms with Crippen LogP contribution in [0.15, 0.2) is 12.1 Å². The molecule has 0 aromatic heterocycles. The molecule has 1 aliphatic rings. The van der Waals surface area contributed by atoms with Gasteiger partial charge < -0.3 is 10.4 Å². The summed E-state index contributed by atoms with van der Waals surface area (Å²) in [5, 5.41) is 12.9. The first-order valence-corrected chi connectivity index (χ1v) is 5.45. The highest BCUT2D eigenvalue weighted by Gasteiger charge is 2.19. The lowest BCUT2D eigenvalue weighted by molar-refractivity contribution is 0.450. The second-order valence-electron chi connectivity index (χ2n) is 3.86. The number of halogens is 2. The quantitative estimate of drug-likeness (QED) is 0.817. The Morgan fingerprint density at radius 3 is 3.00 bits per heavy atom. The van der Waals surface area contributed by atoms with Gasteiger partial charge >= 0.3 is 0 Å². The van der Waals surface area contributed by atoms with Crippen molar-refractivity contribution in [3.8, 4) is 5.75 Å². The van der Waals surface area contributed by atoms with Crippen LogP contribution in [0.2, 0.25) is 5.02 Å². The third kappa shape index (κ3) is 2.24. The highest BCUT2D eigenvalue weighted by molar-refractivity contribution is 6.30. The maximum absolute atomic E-state index is 13.6. The van der Waals surface area contributed by atoms with Crippen molar-refractivity contribution < 1.29 is 9.50 Å². The van der Waals surface area contributed by atoms with Crippen LogP contribution in [0.4, 0.5) is 4.39 Å². The van der Waals surface area contributed by atoms with Crippen molar-refractivity contribution in [2.75, 3.05) is 6.54 Å². The number of hydrogen-bond donors (Lipinski definition) is 2. The molecule has 0 radical (unpaired) electrons. The Hall–Kier alpha value is -0.800. The second-order valence-corrected chi connectivity index (χ2v) is 4.26. The molecule has 1 aliphatic heterocycles. The number of nitrogens with one attached hydrogen (secondary N) is 1. The summed E-state index contributed by atoms with van der Waals surface area (Å²) in [4.78, 5) is 0. The van der Waals surface area contributed by atoms with E-state index in [1.807, 2.05) is 0 Å². The zero-order chi connectivity index (χ0) is 10.8. The highest BCUT2D eigenvalue weighted by Crippen LogP contribution is 2.28. The minimum Gasteiger partial charge on any atom is -0.508 e. The lowest BCUT2D eigenvalue weighted by Gasteiger charge is -2.12. The van der Waals surface area contributed by atoms with Gasteiger partial charge in [0.2, 0.25) is 0 Å². The monoisotopic (exact) mass is 229 g/mol. The lowest BCUT2D eigenvalue weighted by Crippen LogP contribution is -2.24. The van der Waals surface area contributed by atoms with Crippen LogP contribution >= 0.6 is 11.6 Å². The molecule has 4 heteroatoms. The average Bonchev–Trinajstić information content (AvgIpc) is 2.71. The number of benzene rings is 1. The van der Waals surface area contributed by atoms with Crippen molar-refractivity contribution >= 4 is 11.6 Å². The zero-order valence-electron chi connectivity index (χ0n) is 8.26. The summed E-state index contributed by atoms with van der Waals surface area (Å²) in [7, 11) is 0. The van der Waals surface area contributed by atoms with E-state index in [1.165, 1.54) is 12.1 Å². The average molecular weight is 230 g/mol. The minimum atomic E-state index is -0.495. The van der Waals surface area contributed by atoms with Crippen LogP contribution in [-0.2, 0) is 6.42 Å². The maximum atomic E-state index is 13.6. The van der Waals surface area contributed by atoms with Crippen LogP contribution in [-0.4, -0.2) is 17.7 Å². The Kier molecular flexibility index (Phi) is 3.12. The normalized spacial score (nSPS) is 20.8. The largest absolute Gasteiger partial charge is 0.508 e. The fourth-order valence-electron chi connectivity index (χ4n) is 1.95. The van der Waals surface area contributed by atoms with Gasteiger partial charge in [0, 0.05) is 11.6 Å². The van der Waals surface area contributed by atoms with E-state index in [-0.39, 0.29) is 16.8 Å². The number of phenolic OH excluding ortho intramolecular Hbond substituents is 1. The molecule has 2 N–H and O–H groups in total. The smallest absolute Gasteiger partial charge is 0.148 e. The van der Waals surface area contributed by atoms with Crippen molar-refractivity contribution in [3.63, 3.8) is 0 Å². The van der Waals surface area contributed by atoms with E-state index in [0.29, 0.717) is 12.0 Å². The Labute approximate surface area is 93.1 Å². The van der Waals surface area contributed by atoms with Gasteiger partial charge in [0.15, 0.2) is 0 Å². The van der Waals surface area contributed by atoms with Gasteiger partial charge in [-0.2, -0.15) is 0 Å². The summed E-state index contributed by atoms with van der Waals surface area (Å²) in [6.07, 6.45) is 2.62.